The molecule has 1 rings (SSSR count). The van der Waals surface area contributed by atoms with Gasteiger partial charge in [0.1, 0.15) is 5.84 Å². The van der Waals surface area contributed by atoms with E-state index >= 15 is 0 Å². The summed E-state index contributed by atoms with van der Waals surface area (Å²) < 4.78 is 0. The molecule has 0 fully saturated rings. The summed E-state index contributed by atoms with van der Waals surface area (Å²) in [6.07, 6.45) is 5.09. The lowest BCUT2D eigenvalue weighted by Gasteiger charge is -2.03. The minimum atomic E-state index is 0.0727. The van der Waals surface area contributed by atoms with E-state index in [1.54, 1.807) is 12.1 Å². The zero-order chi connectivity index (χ0) is 9.68. The summed E-state index contributed by atoms with van der Waals surface area (Å²) in [5.74, 6) is 2.55. The molecule has 3 heteroatoms. The molecule has 0 spiro atoms. The van der Waals surface area contributed by atoms with E-state index < -0.39 is 0 Å². The number of benzene rings is 1. The van der Waals surface area contributed by atoms with Crippen LogP contribution in [0.15, 0.2) is 24.3 Å². The zero-order valence-corrected chi connectivity index (χ0v) is 7.17. The van der Waals surface area contributed by atoms with E-state index in [0.717, 1.165) is 5.69 Å². The maximum absolute atomic E-state index is 7.17. The van der Waals surface area contributed by atoms with E-state index in [0.29, 0.717) is 12.1 Å². The van der Waals surface area contributed by atoms with Gasteiger partial charge in [0.25, 0.3) is 0 Å². The first-order valence-corrected chi connectivity index (χ1v) is 3.86. The second-order valence-corrected chi connectivity index (χ2v) is 2.55. The smallest absolute Gasteiger partial charge is 0.122 e. The number of hydrogen-bond donors (Lipinski definition) is 3. The molecule has 0 heterocycles. The maximum atomic E-state index is 7.17. The Kier molecular flexibility index (Phi) is 2.93. The van der Waals surface area contributed by atoms with Gasteiger partial charge in [0.05, 0.1) is 6.54 Å². The van der Waals surface area contributed by atoms with Crippen molar-refractivity contribution in [1.82, 2.24) is 0 Å². The first-order valence-electron chi connectivity index (χ1n) is 3.86. The number of hydrogen-bond acceptors (Lipinski definition) is 2. The van der Waals surface area contributed by atoms with E-state index in [1.807, 2.05) is 12.1 Å². The van der Waals surface area contributed by atoms with Gasteiger partial charge >= 0.3 is 0 Å². The number of anilines is 1. The SMILES string of the molecule is C#CCNc1ccc(C(=N)N)cc1. The number of nitrogens with one attached hydrogen (secondary N) is 2. The fourth-order valence-corrected chi connectivity index (χ4v) is 0.921. The molecule has 0 aliphatic carbocycles. The van der Waals surface area contributed by atoms with Crippen molar-refractivity contribution in [3.63, 3.8) is 0 Å². The third-order valence-electron chi connectivity index (χ3n) is 1.59. The summed E-state index contributed by atoms with van der Waals surface area (Å²) in [5, 5.41) is 10.2. The largest absolute Gasteiger partial charge is 0.384 e. The Morgan fingerprint density at radius 1 is 1.46 bits per heavy atom. The van der Waals surface area contributed by atoms with Crippen LogP contribution in [0.2, 0.25) is 0 Å². The average Bonchev–Trinajstić information content (AvgIpc) is 2.15. The van der Waals surface area contributed by atoms with Crippen LogP contribution in [0, 0.1) is 17.8 Å². The molecule has 0 aliphatic heterocycles. The van der Waals surface area contributed by atoms with E-state index in [-0.39, 0.29) is 5.84 Å². The Hall–Kier alpha value is -1.95. The van der Waals surface area contributed by atoms with Crippen LogP contribution < -0.4 is 11.1 Å². The van der Waals surface area contributed by atoms with E-state index in [1.165, 1.54) is 0 Å². The lowest BCUT2D eigenvalue weighted by atomic mass is 10.2. The first-order chi connectivity index (χ1) is 6.24. The molecule has 0 aliphatic rings. The van der Waals surface area contributed by atoms with E-state index in [4.69, 9.17) is 17.6 Å². The van der Waals surface area contributed by atoms with Gasteiger partial charge in [-0.05, 0) is 24.3 Å². The maximum Gasteiger partial charge on any atom is 0.122 e. The Labute approximate surface area is 77.5 Å². The molecule has 0 unspecified atom stereocenters. The molecule has 0 radical (unpaired) electrons. The lowest BCUT2D eigenvalue weighted by Crippen LogP contribution is -2.10. The van der Waals surface area contributed by atoms with Crippen molar-refractivity contribution in [2.75, 3.05) is 11.9 Å². The van der Waals surface area contributed by atoms with Crippen molar-refractivity contribution in [2.45, 2.75) is 0 Å². The van der Waals surface area contributed by atoms with Crippen molar-refractivity contribution in [1.29, 1.82) is 5.41 Å². The quantitative estimate of drug-likeness (QED) is 0.363. The van der Waals surface area contributed by atoms with E-state index in [2.05, 4.69) is 11.2 Å². The van der Waals surface area contributed by atoms with Crippen LogP contribution in [0.25, 0.3) is 0 Å². The molecule has 0 saturated heterocycles. The molecule has 1 aromatic carbocycles. The molecular weight excluding hydrogens is 162 g/mol. The normalized spacial score (nSPS) is 8.85. The summed E-state index contributed by atoms with van der Waals surface area (Å²) in [5.41, 5.74) is 6.94. The summed E-state index contributed by atoms with van der Waals surface area (Å²) >= 11 is 0. The Morgan fingerprint density at radius 2 is 2.08 bits per heavy atom. The molecule has 0 atom stereocenters. The second kappa shape index (κ2) is 4.17. The Balaban J connectivity index is 2.71. The van der Waals surface area contributed by atoms with Gasteiger partial charge in [-0.3, -0.25) is 5.41 Å². The Morgan fingerprint density at radius 3 is 2.54 bits per heavy atom. The molecule has 13 heavy (non-hydrogen) atoms. The zero-order valence-electron chi connectivity index (χ0n) is 7.17. The van der Waals surface area contributed by atoms with Crippen molar-refractivity contribution < 1.29 is 0 Å². The lowest BCUT2D eigenvalue weighted by molar-refractivity contribution is 1.37. The van der Waals surface area contributed by atoms with Gasteiger partial charge < -0.3 is 11.1 Å². The topological polar surface area (TPSA) is 61.9 Å². The summed E-state index contributed by atoms with van der Waals surface area (Å²) in [4.78, 5) is 0. The van der Waals surface area contributed by atoms with Crippen molar-refractivity contribution in [3.05, 3.63) is 29.8 Å². The van der Waals surface area contributed by atoms with Gasteiger partial charge in [0.2, 0.25) is 0 Å². The second-order valence-electron chi connectivity index (χ2n) is 2.55. The third kappa shape index (κ3) is 2.53. The third-order valence-corrected chi connectivity index (χ3v) is 1.59. The van der Waals surface area contributed by atoms with Crippen molar-refractivity contribution >= 4 is 11.5 Å². The van der Waals surface area contributed by atoms with Crippen LogP contribution >= 0.6 is 0 Å². The predicted octanol–water partition coefficient (Wildman–Crippen LogP) is 1.02. The van der Waals surface area contributed by atoms with Crippen molar-refractivity contribution in [2.24, 2.45) is 5.73 Å². The van der Waals surface area contributed by atoms with Crippen LogP contribution in [0.4, 0.5) is 5.69 Å². The van der Waals surface area contributed by atoms with Crippen LogP contribution in [0.3, 0.4) is 0 Å². The van der Waals surface area contributed by atoms with Crippen LogP contribution in [-0.2, 0) is 0 Å². The van der Waals surface area contributed by atoms with Gasteiger partial charge in [-0.25, -0.2) is 0 Å². The molecule has 1 aromatic rings. The highest BCUT2D eigenvalue weighted by Gasteiger charge is 1.94. The number of terminal acetylenes is 1. The van der Waals surface area contributed by atoms with Gasteiger partial charge in [-0.1, -0.05) is 5.92 Å². The van der Waals surface area contributed by atoms with Crippen LogP contribution in [0.5, 0.6) is 0 Å². The average molecular weight is 173 g/mol. The van der Waals surface area contributed by atoms with Gasteiger partial charge in [0.15, 0.2) is 0 Å². The molecule has 0 aromatic heterocycles. The molecule has 4 N–H and O–H groups in total. The van der Waals surface area contributed by atoms with Gasteiger partial charge in [0, 0.05) is 11.3 Å². The number of nitrogen functional groups attached to an aromatic ring is 1. The van der Waals surface area contributed by atoms with Gasteiger partial charge in [-0.2, -0.15) is 0 Å². The molecule has 3 nitrogen and oxygen atoms in total. The molecular formula is C10H11N3. The Bertz CT molecular complexity index is 332. The monoisotopic (exact) mass is 173 g/mol. The highest BCUT2D eigenvalue weighted by Crippen LogP contribution is 2.08. The number of rotatable bonds is 3. The summed E-state index contributed by atoms with van der Waals surface area (Å²) in [6, 6.07) is 7.24. The summed E-state index contributed by atoms with van der Waals surface area (Å²) in [7, 11) is 0. The molecule has 66 valence electrons. The minimum absolute atomic E-state index is 0.0727. The molecule has 0 saturated carbocycles. The fourth-order valence-electron chi connectivity index (χ4n) is 0.921. The minimum Gasteiger partial charge on any atom is -0.384 e. The molecule has 0 amide bonds. The highest BCUT2D eigenvalue weighted by molar-refractivity contribution is 5.95. The number of amidine groups is 1. The van der Waals surface area contributed by atoms with Crippen LogP contribution in [-0.4, -0.2) is 12.4 Å². The standard InChI is InChI=1S/C10H11N3/c1-2-7-13-9-5-3-8(4-6-9)10(11)12/h1,3-6,13H,7H2,(H3,11,12). The molecule has 0 bridgehead atoms. The first kappa shape index (κ1) is 9.14. The summed E-state index contributed by atoms with van der Waals surface area (Å²) in [6.45, 7) is 0.499. The fraction of sp³-hybridized carbons (Fsp3) is 0.100. The van der Waals surface area contributed by atoms with Gasteiger partial charge in [-0.15, -0.1) is 6.42 Å². The number of nitrogens with two attached hydrogens (primary N) is 1. The van der Waals surface area contributed by atoms with Crippen molar-refractivity contribution in [3.8, 4) is 12.3 Å². The van der Waals surface area contributed by atoms with Crippen LogP contribution in [0.1, 0.15) is 5.56 Å². The predicted molar refractivity (Wildman–Crippen MR) is 54.8 cm³/mol. The highest BCUT2D eigenvalue weighted by atomic mass is 14.8. The van der Waals surface area contributed by atoms with E-state index in [9.17, 15) is 0 Å².